The van der Waals surface area contributed by atoms with E-state index < -0.39 is 18.5 Å². The van der Waals surface area contributed by atoms with Crippen LogP contribution >= 0.6 is 11.3 Å². The zero-order valence-electron chi connectivity index (χ0n) is 15.3. The Morgan fingerprint density at radius 2 is 2.07 bits per heavy atom. The summed E-state index contributed by atoms with van der Waals surface area (Å²) in [5, 5.41) is 4.77. The van der Waals surface area contributed by atoms with Crippen molar-refractivity contribution in [3.8, 4) is 11.5 Å². The molecule has 1 aliphatic rings. The number of carbonyl (C=O) groups is 2. The zero-order valence-corrected chi connectivity index (χ0v) is 16.1. The number of hydrogen-bond acceptors (Lipinski definition) is 6. The van der Waals surface area contributed by atoms with Gasteiger partial charge in [-0.1, -0.05) is 6.07 Å². The number of para-hydroxylation sites is 1. The molecule has 1 heterocycles. The molecule has 0 aliphatic heterocycles. The maximum Gasteiger partial charge on any atom is 0.387 e. The second-order valence-electron chi connectivity index (χ2n) is 6.06. The first-order valence-electron chi connectivity index (χ1n) is 8.67. The number of hydrogen-bond donors (Lipinski definition) is 1. The SMILES string of the molecule is CCOC(=O)c1c(C2CC2)csc1NC(=O)c1cccc(OC)c1OC(F)F. The summed E-state index contributed by atoms with van der Waals surface area (Å²) in [7, 11) is 1.29. The third-order valence-electron chi connectivity index (χ3n) is 4.19. The molecule has 1 N–H and O–H groups in total. The Balaban J connectivity index is 1.93. The summed E-state index contributed by atoms with van der Waals surface area (Å²) in [6.07, 6.45) is 1.94. The molecular weight excluding hydrogens is 392 g/mol. The first-order chi connectivity index (χ1) is 13.5. The number of thiophene rings is 1. The fraction of sp³-hybridized carbons (Fsp3) is 0.368. The van der Waals surface area contributed by atoms with Gasteiger partial charge in [0, 0.05) is 0 Å². The first-order valence-corrected chi connectivity index (χ1v) is 9.55. The van der Waals surface area contributed by atoms with E-state index in [-0.39, 0.29) is 29.6 Å². The quantitative estimate of drug-likeness (QED) is 0.640. The monoisotopic (exact) mass is 411 g/mol. The highest BCUT2D eigenvalue weighted by Crippen LogP contribution is 2.46. The van der Waals surface area contributed by atoms with Crippen LogP contribution in [0, 0.1) is 0 Å². The molecule has 150 valence electrons. The molecule has 3 rings (SSSR count). The van der Waals surface area contributed by atoms with Gasteiger partial charge in [0.05, 0.1) is 24.8 Å². The lowest BCUT2D eigenvalue weighted by atomic mass is 10.1. The molecule has 1 saturated carbocycles. The van der Waals surface area contributed by atoms with Gasteiger partial charge in [0.15, 0.2) is 11.5 Å². The molecule has 28 heavy (non-hydrogen) atoms. The average Bonchev–Trinajstić information content (AvgIpc) is 3.42. The van der Waals surface area contributed by atoms with E-state index in [0.29, 0.717) is 10.6 Å². The molecule has 0 saturated heterocycles. The van der Waals surface area contributed by atoms with E-state index in [2.05, 4.69) is 10.1 Å². The van der Waals surface area contributed by atoms with Gasteiger partial charge in [-0.05, 0) is 48.8 Å². The molecular formula is C19H19F2NO5S. The highest BCUT2D eigenvalue weighted by atomic mass is 32.1. The van der Waals surface area contributed by atoms with E-state index in [1.807, 2.05) is 5.38 Å². The van der Waals surface area contributed by atoms with Crippen molar-refractivity contribution in [1.82, 2.24) is 0 Å². The molecule has 0 radical (unpaired) electrons. The summed E-state index contributed by atoms with van der Waals surface area (Å²) < 4.78 is 40.2. The smallest absolute Gasteiger partial charge is 0.387 e. The third-order valence-corrected chi connectivity index (χ3v) is 5.11. The van der Waals surface area contributed by atoms with E-state index in [4.69, 9.17) is 9.47 Å². The molecule has 0 bridgehead atoms. The Hall–Kier alpha value is -2.68. The van der Waals surface area contributed by atoms with Crippen molar-refractivity contribution in [2.45, 2.75) is 32.3 Å². The van der Waals surface area contributed by atoms with Crippen molar-refractivity contribution in [1.29, 1.82) is 0 Å². The van der Waals surface area contributed by atoms with Gasteiger partial charge < -0.3 is 19.5 Å². The maximum atomic E-state index is 12.8. The second kappa shape index (κ2) is 8.55. The Labute approximate surface area is 164 Å². The predicted octanol–water partition coefficient (Wildman–Crippen LogP) is 4.66. The summed E-state index contributed by atoms with van der Waals surface area (Å²) in [5.74, 6) is -1.30. The fourth-order valence-corrected chi connectivity index (χ4v) is 3.83. The molecule has 1 fully saturated rings. The van der Waals surface area contributed by atoms with Crippen LogP contribution in [-0.4, -0.2) is 32.2 Å². The van der Waals surface area contributed by atoms with Crippen LogP contribution in [0.5, 0.6) is 11.5 Å². The van der Waals surface area contributed by atoms with Crippen LogP contribution in [0.2, 0.25) is 0 Å². The number of benzene rings is 1. The van der Waals surface area contributed by atoms with Crippen LogP contribution in [-0.2, 0) is 4.74 Å². The zero-order chi connectivity index (χ0) is 20.3. The number of methoxy groups -OCH3 is 1. The van der Waals surface area contributed by atoms with E-state index in [1.54, 1.807) is 6.92 Å². The minimum Gasteiger partial charge on any atom is -0.493 e. The van der Waals surface area contributed by atoms with E-state index in [1.165, 1.54) is 36.6 Å². The van der Waals surface area contributed by atoms with Gasteiger partial charge in [0.25, 0.3) is 5.91 Å². The minimum absolute atomic E-state index is 0.00316. The minimum atomic E-state index is -3.12. The topological polar surface area (TPSA) is 73.9 Å². The molecule has 6 nitrogen and oxygen atoms in total. The Morgan fingerprint density at radius 1 is 1.32 bits per heavy atom. The molecule has 9 heteroatoms. The van der Waals surface area contributed by atoms with Crippen molar-refractivity contribution in [2.24, 2.45) is 0 Å². The van der Waals surface area contributed by atoms with Crippen molar-refractivity contribution in [2.75, 3.05) is 19.0 Å². The summed E-state index contributed by atoms with van der Waals surface area (Å²) >= 11 is 1.20. The van der Waals surface area contributed by atoms with E-state index >= 15 is 0 Å². The molecule has 0 spiro atoms. The van der Waals surface area contributed by atoms with Crippen molar-refractivity contribution < 1.29 is 32.6 Å². The van der Waals surface area contributed by atoms with Gasteiger partial charge in [-0.3, -0.25) is 4.79 Å². The lowest BCUT2D eigenvalue weighted by Gasteiger charge is -2.14. The van der Waals surface area contributed by atoms with Crippen LogP contribution in [0.25, 0.3) is 0 Å². The maximum absolute atomic E-state index is 12.8. The summed E-state index contributed by atoms with van der Waals surface area (Å²) in [4.78, 5) is 25.2. The molecule has 1 aromatic carbocycles. The first kappa shape index (κ1) is 20.1. The highest BCUT2D eigenvalue weighted by molar-refractivity contribution is 7.15. The van der Waals surface area contributed by atoms with Crippen LogP contribution in [0.3, 0.4) is 0 Å². The molecule has 0 unspecified atom stereocenters. The van der Waals surface area contributed by atoms with Gasteiger partial charge in [-0.25, -0.2) is 4.79 Å². The summed E-state index contributed by atoms with van der Waals surface area (Å²) in [6.45, 7) is -1.22. The van der Waals surface area contributed by atoms with Gasteiger partial charge in [-0.2, -0.15) is 8.78 Å². The Kier molecular flexibility index (Phi) is 6.13. The number of alkyl halides is 2. The molecule has 1 aromatic heterocycles. The largest absolute Gasteiger partial charge is 0.493 e. The predicted molar refractivity (Wildman–Crippen MR) is 99.8 cm³/mol. The molecule has 0 atom stereocenters. The standard InChI is InChI=1S/C19H19F2NO5S/c1-3-26-18(24)14-12(10-7-8-10)9-28-17(14)22-16(23)11-5-4-6-13(25-2)15(11)27-19(20)21/h4-6,9-10,19H,3,7-8H2,1-2H3,(H,22,23). The highest BCUT2D eigenvalue weighted by Gasteiger charge is 2.33. The number of nitrogens with one attached hydrogen (secondary N) is 1. The number of anilines is 1. The van der Waals surface area contributed by atoms with Crippen LogP contribution in [0.4, 0.5) is 13.8 Å². The van der Waals surface area contributed by atoms with Gasteiger partial charge in [0.1, 0.15) is 5.00 Å². The number of halogens is 2. The van der Waals surface area contributed by atoms with Gasteiger partial charge in [0.2, 0.25) is 0 Å². The Morgan fingerprint density at radius 3 is 2.68 bits per heavy atom. The number of esters is 1. The summed E-state index contributed by atoms with van der Waals surface area (Å²) in [5.41, 5.74) is 1.03. The van der Waals surface area contributed by atoms with Crippen molar-refractivity contribution in [3.63, 3.8) is 0 Å². The number of rotatable bonds is 8. The second-order valence-corrected chi connectivity index (χ2v) is 6.94. The van der Waals surface area contributed by atoms with Crippen LogP contribution in [0.15, 0.2) is 23.6 Å². The van der Waals surface area contributed by atoms with E-state index in [9.17, 15) is 18.4 Å². The van der Waals surface area contributed by atoms with Crippen molar-refractivity contribution in [3.05, 3.63) is 40.3 Å². The molecule has 1 amide bonds. The molecule has 2 aromatic rings. The van der Waals surface area contributed by atoms with Crippen molar-refractivity contribution >= 4 is 28.2 Å². The van der Waals surface area contributed by atoms with Gasteiger partial charge in [-0.15, -0.1) is 11.3 Å². The fourth-order valence-electron chi connectivity index (χ4n) is 2.81. The summed E-state index contributed by atoms with van der Waals surface area (Å²) in [6, 6.07) is 4.24. The normalized spacial score (nSPS) is 13.3. The van der Waals surface area contributed by atoms with E-state index in [0.717, 1.165) is 18.4 Å². The molecule has 1 aliphatic carbocycles. The number of ether oxygens (including phenoxy) is 3. The van der Waals surface area contributed by atoms with Gasteiger partial charge >= 0.3 is 12.6 Å². The lowest BCUT2D eigenvalue weighted by Crippen LogP contribution is -2.17. The van der Waals surface area contributed by atoms with Crippen LogP contribution in [0.1, 0.15) is 52.0 Å². The third kappa shape index (κ3) is 4.24. The average molecular weight is 411 g/mol. The number of carbonyl (C=O) groups excluding carboxylic acids is 2. The lowest BCUT2D eigenvalue weighted by molar-refractivity contribution is -0.0515. The Bertz CT molecular complexity index is 879. The number of amides is 1. The van der Waals surface area contributed by atoms with Crippen LogP contribution < -0.4 is 14.8 Å².